The van der Waals surface area contributed by atoms with Crippen LogP contribution >= 0.6 is 0 Å². The molecule has 2 aromatic heterocycles. The van der Waals surface area contributed by atoms with E-state index < -0.39 is 0 Å². The van der Waals surface area contributed by atoms with Crippen LogP contribution in [0.5, 0.6) is 0 Å². The molecule has 2 amide bonds. The number of hydrogen-bond donors (Lipinski definition) is 0. The summed E-state index contributed by atoms with van der Waals surface area (Å²) in [5.41, 5.74) is 4.64. The van der Waals surface area contributed by atoms with Crippen molar-refractivity contribution in [2.24, 2.45) is 18.9 Å². The lowest BCUT2D eigenvalue weighted by Gasteiger charge is -2.36. The molecular formula is C26H31N5O2. The Morgan fingerprint density at radius 3 is 2.70 bits per heavy atom. The van der Waals surface area contributed by atoms with E-state index in [-0.39, 0.29) is 11.8 Å². The molecule has 7 nitrogen and oxygen atoms in total. The van der Waals surface area contributed by atoms with Crippen molar-refractivity contribution in [3.63, 3.8) is 0 Å². The molecule has 2 fully saturated rings. The van der Waals surface area contributed by atoms with Crippen molar-refractivity contribution in [3.8, 4) is 0 Å². The molecule has 2 aliphatic heterocycles. The number of carbonyl (C=O) groups excluding carboxylic acids is 2. The van der Waals surface area contributed by atoms with Gasteiger partial charge in [0.25, 0.3) is 5.91 Å². The summed E-state index contributed by atoms with van der Waals surface area (Å²) in [4.78, 5) is 38.7. The molecule has 0 N–H and O–H groups in total. The van der Waals surface area contributed by atoms with Crippen molar-refractivity contribution < 1.29 is 9.59 Å². The molecule has 33 heavy (non-hydrogen) atoms. The number of aryl methyl sites for hydroxylation is 2. The van der Waals surface area contributed by atoms with Gasteiger partial charge in [0.2, 0.25) is 5.91 Å². The molecule has 4 heterocycles. The Morgan fingerprint density at radius 1 is 1.03 bits per heavy atom. The van der Waals surface area contributed by atoms with Crippen LogP contribution < -0.4 is 0 Å². The van der Waals surface area contributed by atoms with Crippen molar-refractivity contribution in [2.75, 3.05) is 26.2 Å². The number of aromatic nitrogens is 3. The Morgan fingerprint density at radius 2 is 1.85 bits per heavy atom. The summed E-state index contributed by atoms with van der Waals surface area (Å²) in [7, 11) is 1.96. The third-order valence-electron chi connectivity index (χ3n) is 7.25. The maximum Gasteiger partial charge on any atom is 0.253 e. The molecule has 3 aromatic rings. The van der Waals surface area contributed by atoms with Gasteiger partial charge in [-0.25, -0.2) is 4.98 Å². The third kappa shape index (κ3) is 4.49. The minimum atomic E-state index is 0.0840. The Balaban J connectivity index is 1.20. The summed E-state index contributed by atoms with van der Waals surface area (Å²) in [5.74, 6) is 1.17. The second kappa shape index (κ2) is 8.96. The number of hydrogen-bond acceptors (Lipinski definition) is 4. The number of likely N-dealkylation sites (tertiary alicyclic amines) is 2. The standard InChI is InChI=1S/C26H31N5O2/c1-18-10-19(14-27-13-18)11-25(32)30-8-3-4-21(15-30)22-7-9-31(16-22)26(33)20-5-6-24-23(12-20)28-17-29(24)2/h5-6,10,12-14,17,21-22H,3-4,7-9,11,15-16H2,1-2H3. The molecule has 7 heteroatoms. The number of piperidine rings is 1. The zero-order chi connectivity index (χ0) is 22.9. The highest BCUT2D eigenvalue weighted by Gasteiger charge is 2.35. The molecule has 5 rings (SSSR count). The normalized spacial score (nSPS) is 21.0. The van der Waals surface area contributed by atoms with Gasteiger partial charge in [0.05, 0.1) is 23.8 Å². The van der Waals surface area contributed by atoms with Gasteiger partial charge in [-0.05, 0) is 67.3 Å². The van der Waals surface area contributed by atoms with Crippen LogP contribution in [0.2, 0.25) is 0 Å². The average Bonchev–Trinajstić information content (AvgIpc) is 3.46. The van der Waals surface area contributed by atoms with Gasteiger partial charge in [0.1, 0.15) is 0 Å². The summed E-state index contributed by atoms with van der Waals surface area (Å²) in [6.45, 7) is 5.18. The first-order valence-electron chi connectivity index (χ1n) is 11.9. The van der Waals surface area contributed by atoms with E-state index in [1.807, 2.05) is 58.8 Å². The van der Waals surface area contributed by atoms with Crippen molar-refractivity contribution in [3.05, 3.63) is 59.7 Å². The number of carbonyl (C=O) groups is 2. The van der Waals surface area contributed by atoms with E-state index >= 15 is 0 Å². The zero-order valence-corrected chi connectivity index (χ0v) is 19.4. The van der Waals surface area contributed by atoms with Crippen LogP contribution in [-0.2, 0) is 18.3 Å². The molecule has 2 saturated heterocycles. The van der Waals surface area contributed by atoms with E-state index in [1.54, 1.807) is 12.5 Å². The molecule has 1 aromatic carbocycles. The monoisotopic (exact) mass is 445 g/mol. The second-order valence-corrected chi connectivity index (χ2v) is 9.65. The van der Waals surface area contributed by atoms with Crippen LogP contribution in [0, 0.1) is 18.8 Å². The SMILES string of the molecule is Cc1cncc(CC(=O)N2CCCC(C3CCN(C(=O)c4ccc5c(c4)ncn5C)C3)C2)c1. The lowest BCUT2D eigenvalue weighted by atomic mass is 9.84. The van der Waals surface area contributed by atoms with Gasteiger partial charge in [-0.15, -0.1) is 0 Å². The maximum absolute atomic E-state index is 13.1. The minimum Gasteiger partial charge on any atom is -0.342 e. The first-order valence-corrected chi connectivity index (χ1v) is 11.9. The van der Waals surface area contributed by atoms with Gasteiger partial charge in [0.15, 0.2) is 0 Å². The highest BCUT2D eigenvalue weighted by Crippen LogP contribution is 2.32. The number of imidazole rings is 1. The Hall–Kier alpha value is -3.22. The molecule has 2 atom stereocenters. The summed E-state index contributed by atoms with van der Waals surface area (Å²) in [6.07, 6.45) is 8.95. The molecule has 2 aliphatic rings. The molecule has 172 valence electrons. The summed E-state index contributed by atoms with van der Waals surface area (Å²) in [6, 6.07) is 7.81. The van der Waals surface area contributed by atoms with Crippen LogP contribution in [0.4, 0.5) is 0 Å². The van der Waals surface area contributed by atoms with Crippen LogP contribution in [-0.4, -0.2) is 62.3 Å². The molecule has 0 saturated carbocycles. The van der Waals surface area contributed by atoms with E-state index in [2.05, 4.69) is 9.97 Å². The fourth-order valence-corrected chi connectivity index (χ4v) is 5.43. The first-order chi connectivity index (χ1) is 16.0. The average molecular weight is 446 g/mol. The minimum absolute atomic E-state index is 0.0840. The smallest absolute Gasteiger partial charge is 0.253 e. The third-order valence-corrected chi connectivity index (χ3v) is 7.25. The number of fused-ring (bicyclic) bond motifs is 1. The maximum atomic E-state index is 13.1. The predicted octanol–water partition coefficient (Wildman–Crippen LogP) is 3.22. The summed E-state index contributed by atoms with van der Waals surface area (Å²) < 4.78 is 1.96. The lowest BCUT2D eigenvalue weighted by Crippen LogP contribution is -2.43. The lowest BCUT2D eigenvalue weighted by molar-refractivity contribution is -0.132. The van der Waals surface area contributed by atoms with E-state index in [0.717, 1.165) is 67.6 Å². The van der Waals surface area contributed by atoms with E-state index in [4.69, 9.17) is 0 Å². The number of amides is 2. The van der Waals surface area contributed by atoms with Gasteiger partial charge >= 0.3 is 0 Å². The van der Waals surface area contributed by atoms with Crippen LogP contribution in [0.3, 0.4) is 0 Å². The van der Waals surface area contributed by atoms with Crippen LogP contribution in [0.15, 0.2) is 43.0 Å². The van der Waals surface area contributed by atoms with Crippen molar-refractivity contribution in [1.82, 2.24) is 24.3 Å². The molecule has 0 radical (unpaired) electrons. The largest absolute Gasteiger partial charge is 0.342 e. The van der Waals surface area contributed by atoms with E-state index in [9.17, 15) is 9.59 Å². The number of benzene rings is 1. The number of rotatable bonds is 4. The molecule has 2 unspecified atom stereocenters. The quantitative estimate of drug-likeness (QED) is 0.618. The van der Waals surface area contributed by atoms with Gasteiger partial charge in [-0.3, -0.25) is 14.6 Å². The topological polar surface area (TPSA) is 71.3 Å². The van der Waals surface area contributed by atoms with Crippen LogP contribution in [0.1, 0.15) is 40.7 Å². The van der Waals surface area contributed by atoms with Crippen molar-refractivity contribution in [1.29, 1.82) is 0 Å². The molecular weight excluding hydrogens is 414 g/mol. The highest BCUT2D eigenvalue weighted by molar-refractivity contribution is 5.97. The van der Waals surface area contributed by atoms with Crippen molar-refractivity contribution >= 4 is 22.8 Å². The Kier molecular flexibility index (Phi) is 5.87. The predicted molar refractivity (Wildman–Crippen MR) is 127 cm³/mol. The van der Waals surface area contributed by atoms with Crippen LogP contribution in [0.25, 0.3) is 11.0 Å². The van der Waals surface area contributed by atoms with Gasteiger partial charge in [-0.2, -0.15) is 0 Å². The van der Waals surface area contributed by atoms with Gasteiger partial charge in [0, 0.05) is 51.2 Å². The summed E-state index contributed by atoms with van der Waals surface area (Å²) >= 11 is 0. The van der Waals surface area contributed by atoms with Gasteiger partial charge < -0.3 is 14.4 Å². The summed E-state index contributed by atoms with van der Waals surface area (Å²) in [5, 5.41) is 0. The van der Waals surface area contributed by atoms with Crippen molar-refractivity contribution in [2.45, 2.75) is 32.6 Å². The fourth-order valence-electron chi connectivity index (χ4n) is 5.43. The first kappa shape index (κ1) is 21.6. The number of pyridine rings is 1. The number of nitrogens with zero attached hydrogens (tertiary/aromatic N) is 5. The van der Waals surface area contributed by atoms with E-state index in [0.29, 0.717) is 23.8 Å². The highest BCUT2D eigenvalue weighted by atomic mass is 16.2. The Bertz CT molecular complexity index is 1190. The zero-order valence-electron chi connectivity index (χ0n) is 19.4. The second-order valence-electron chi connectivity index (χ2n) is 9.65. The van der Waals surface area contributed by atoms with E-state index in [1.165, 1.54) is 0 Å². The molecule has 0 bridgehead atoms. The Labute approximate surface area is 194 Å². The van der Waals surface area contributed by atoms with Gasteiger partial charge in [-0.1, -0.05) is 6.07 Å². The molecule has 0 aliphatic carbocycles. The molecule has 0 spiro atoms. The fraction of sp³-hybridized carbons (Fsp3) is 0.462.